The second kappa shape index (κ2) is 6.40. The Balaban J connectivity index is 1.67. The first kappa shape index (κ1) is 17.3. The molecule has 0 aliphatic heterocycles. The zero-order valence-corrected chi connectivity index (χ0v) is 15.3. The Bertz CT molecular complexity index is 619. The van der Waals surface area contributed by atoms with Crippen molar-refractivity contribution in [2.24, 2.45) is 23.5 Å². The number of ether oxygens (including phenoxy) is 1. The molecule has 2 fully saturated rings. The van der Waals surface area contributed by atoms with Crippen LogP contribution in [0, 0.1) is 24.7 Å². The van der Waals surface area contributed by atoms with Gasteiger partial charge in [0.15, 0.2) is 0 Å². The van der Waals surface area contributed by atoms with Gasteiger partial charge in [-0.3, -0.25) is 4.79 Å². The van der Waals surface area contributed by atoms with E-state index in [4.69, 9.17) is 10.5 Å². The summed E-state index contributed by atoms with van der Waals surface area (Å²) in [6.07, 6.45) is 3.47. The van der Waals surface area contributed by atoms with Crippen LogP contribution in [0.15, 0.2) is 18.2 Å². The quantitative estimate of drug-likeness (QED) is 0.891. The van der Waals surface area contributed by atoms with Crippen LogP contribution in [0.4, 0.5) is 0 Å². The molecule has 2 saturated carbocycles. The van der Waals surface area contributed by atoms with Gasteiger partial charge in [0.05, 0.1) is 5.92 Å². The molecule has 1 amide bonds. The topological polar surface area (TPSA) is 64.4 Å². The Morgan fingerprint density at radius 3 is 2.62 bits per heavy atom. The van der Waals surface area contributed by atoms with Crippen LogP contribution >= 0.6 is 0 Å². The lowest BCUT2D eigenvalue weighted by atomic mass is 9.84. The molecular formula is C20H30N2O2. The van der Waals surface area contributed by atoms with Gasteiger partial charge in [-0.15, -0.1) is 0 Å². The van der Waals surface area contributed by atoms with Crippen LogP contribution in [-0.4, -0.2) is 17.6 Å². The van der Waals surface area contributed by atoms with E-state index < -0.39 is 0 Å². The van der Waals surface area contributed by atoms with Crippen molar-refractivity contribution in [2.75, 3.05) is 0 Å². The van der Waals surface area contributed by atoms with Crippen LogP contribution in [0.2, 0.25) is 0 Å². The van der Waals surface area contributed by atoms with Crippen molar-refractivity contribution in [1.82, 2.24) is 5.32 Å². The fourth-order valence-electron chi connectivity index (χ4n) is 4.26. The summed E-state index contributed by atoms with van der Waals surface area (Å²) in [7, 11) is 0. The van der Waals surface area contributed by atoms with Gasteiger partial charge in [-0.2, -0.15) is 0 Å². The first-order valence-corrected chi connectivity index (χ1v) is 9.06. The number of hydrogen-bond donors (Lipinski definition) is 2. The van der Waals surface area contributed by atoms with Crippen molar-refractivity contribution in [3.8, 4) is 5.75 Å². The third-order valence-corrected chi connectivity index (χ3v) is 5.38. The van der Waals surface area contributed by atoms with Crippen molar-refractivity contribution in [2.45, 2.75) is 65.1 Å². The number of carbonyl (C=O) groups is 1. The fraction of sp³-hybridized carbons (Fsp3) is 0.650. The Morgan fingerprint density at radius 2 is 2.00 bits per heavy atom. The van der Waals surface area contributed by atoms with Crippen LogP contribution in [0.1, 0.15) is 51.2 Å². The van der Waals surface area contributed by atoms with Gasteiger partial charge >= 0.3 is 0 Å². The number of benzene rings is 1. The highest BCUT2D eigenvalue weighted by Crippen LogP contribution is 2.47. The highest BCUT2D eigenvalue weighted by molar-refractivity contribution is 5.80. The summed E-state index contributed by atoms with van der Waals surface area (Å²) in [6, 6.07) is 6.17. The summed E-state index contributed by atoms with van der Waals surface area (Å²) in [6.45, 7) is 8.64. The number of amides is 1. The van der Waals surface area contributed by atoms with Crippen molar-refractivity contribution in [3.05, 3.63) is 29.3 Å². The molecule has 4 heteroatoms. The number of nitrogens with one attached hydrogen (secondary N) is 1. The predicted octanol–water partition coefficient (Wildman–Crippen LogP) is 3.16. The van der Waals surface area contributed by atoms with Crippen molar-refractivity contribution in [1.29, 1.82) is 0 Å². The summed E-state index contributed by atoms with van der Waals surface area (Å²) in [5, 5.41) is 3.10. The molecule has 0 saturated heterocycles. The zero-order chi connectivity index (χ0) is 17.5. The van der Waals surface area contributed by atoms with Crippen molar-refractivity contribution in [3.63, 3.8) is 0 Å². The summed E-state index contributed by atoms with van der Waals surface area (Å²) in [5.74, 6) is 1.97. The molecule has 4 nitrogen and oxygen atoms in total. The van der Waals surface area contributed by atoms with Crippen LogP contribution in [0.5, 0.6) is 5.75 Å². The largest absolute Gasteiger partial charge is 0.488 e. The van der Waals surface area contributed by atoms with Gasteiger partial charge in [0.2, 0.25) is 5.91 Å². The molecule has 0 spiro atoms. The molecule has 2 aliphatic rings. The van der Waals surface area contributed by atoms with Gasteiger partial charge in [0, 0.05) is 18.2 Å². The Hall–Kier alpha value is -1.55. The molecule has 3 N–H and O–H groups in total. The van der Waals surface area contributed by atoms with E-state index in [2.05, 4.69) is 11.4 Å². The molecule has 0 radical (unpaired) electrons. The minimum absolute atomic E-state index is 0.0128. The molecule has 1 aromatic carbocycles. The van der Waals surface area contributed by atoms with E-state index in [1.54, 1.807) is 0 Å². The maximum atomic E-state index is 12.7. The fourth-order valence-corrected chi connectivity index (χ4v) is 4.26. The molecule has 3 rings (SSSR count). The lowest BCUT2D eigenvalue weighted by molar-refractivity contribution is -0.127. The number of aryl methyl sites for hydroxylation is 1. The molecule has 1 aromatic rings. The molecule has 4 unspecified atom stereocenters. The molecule has 0 aromatic heterocycles. The Kier molecular flexibility index (Phi) is 4.60. The number of hydrogen-bond acceptors (Lipinski definition) is 3. The molecule has 24 heavy (non-hydrogen) atoms. The van der Waals surface area contributed by atoms with Gasteiger partial charge in [0.25, 0.3) is 0 Å². The van der Waals surface area contributed by atoms with Crippen molar-refractivity contribution < 1.29 is 9.53 Å². The van der Waals surface area contributed by atoms with E-state index in [-0.39, 0.29) is 23.5 Å². The smallest absolute Gasteiger partial charge is 0.225 e. The summed E-state index contributed by atoms with van der Waals surface area (Å²) >= 11 is 0. The van der Waals surface area contributed by atoms with E-state index in [1.807, 2.05) is 39.8 Å². The minimum Gasteiger partial charge on any atom is -0.488 e. The van der Waals surface area contributed by atoms with Gasteiger partial charge in [-0.1, -0.05) is 12.1 Å². The average molecular weight is 330 g/mol. The first-order valence-electron chi connectivity index (χ1n) is 9.06. The third kappa shape index (κ3) is 3.59. The molecule has 132 valence electrons. The number of nitrogens with two attached hydrogens (primary N) is 1. The second-order valence-electron chi connectivity index (χ2n) is 8.48. The van der Waals surface area contributed by atoms with Gasteiger partial charge in [-0.25, -0.2) is 0 Å². The number of fused-ring (bicyclic) bond motifs is 2. The molecule has 4 atom stereocenters. The maximum Gasteiger partial charge on any atom is 0.225 e. The molecule has 2 aliphatic carbocycles. The SMILES string of the molecule is Cc1ccc(CNC(=O)C2C3CCC(C3)C2N)c(OC(C)(C)C)c1. The zero-order valence-electron chi connectivity index (χ0n) is 15.3. The monoisotopic (exact) mass is 330 g/mol. The van der Waals surface area contributed by atoms with Crippen molar-refractivity contribution >= 4 is 5.91 Å². The summed E-state index contributed by atoms with van der Waals surface area (Å²) in [4.78, 5) is 12.7. The summed E-state index contributed by atoms with van der Waals surface area (Å²) < 4.78 is 6.07. The van der Waals surface area contributed by atoms with Crippen LogP contribution < -0.4 is 15.8 Å². The van der Waals surface area contributed by atoms with Gasteiger partial charge in [0.1, 0.15) is 11.4 Å². The number of rotatable bonds is 4. The minimum atomic E-state index is -0.264. The van der Waals surface area contributed by atoms with E-state index in [0.29, 0.717) is 18.4 Å². The van der Waals surface area contributed by atoms with Gasteiger partial charge < -0.3 is 15.8 Å². The normalized spacial score (nSPS) is 28.9. The summed E-state index contributed by atoms with van der Waals surface area (Å²) in [5.41, 5.74) is 8.18. The molecule has 0 heterocycles. The Labute approximate surface area is 145 Å². The van der Waals surface area contributed by atoms with Crippen LogP contribution in [-0.2, 0) is 11.3 Å². The first-order chi connectivity index (χ1) is 11.2. The van der Waals surface area contributed by atoms with Gasteiger partial charge in [-0.05, 0) is 70.4 Å². The third-order valence-electron chi connectivity index (χ3n) is 5.38. The Morgan fingerprint density at radius 1 is 1.29 bits per heavy atom. The average Bonchev–Trinajstić information content (AvgIpc) is 3.05. The standard InChI is InChI=1S/C20H30N2O2/c1-12-5-6-15(16(9-12)24-20(2,3)4)11-22-19(23)17-13-7-8-14(10-13)18(17)21/h5-6,9,13-14,17-18H,7-8,10-11,21H2,1-4H3,(H,22,23). The highest BCUT2D eigenvalue weighted by atomic mass is 16.5. The second-order valence-corrected chi connectivity index (χ2v) is 8.48. The van der Waals surface area contributed by atoms with E-state index in [9.17, 15) is 4.79 Å². The molecular weight excluding hydrogens is 300 g/mol. The number of carbonyl (C=O) groups excluding carboxylic acids is 1. The van der Waals surface area contributed by atoms with E-state index in [0.717, 1.165) is 29.7 Å². The maximum absolute atomic E-state index is 12.7. The lowest BCUT2D eigenvalue weighted by Gasteiger charge is -2.27. The van der Waals surface area contributed by atoms with E-state index >= 15 is 0 Å². The predicted molar refractivity (Wildman–Crippen MR) is 95.7 cm³/mol. The molecule has 2 bridgehead atoms. The highest BCUT2D eigenvalue weighted by Gasteiger charge is 2.48. The van der Waals surface area contributed by atoms with Crippen LogP contribution in [0.25, 0.3) is 0 Å². The lowest BCUT2D eigenvalue weighted by Crippen LogP contribution is -2.45. The van der Waals surface area contributed by atoms with E-state index in [1.165, 1.54) is 6.42 Å². The van der Waals surface area contributed by atoms with Crippen LogP contribution in [0.3, 0.4) is 0 Å².